The summed E-state index contributed by atoms with van der Waals surface area (Å²) in [4.78, 5) is 17.3. The molecule has 0 aliphatic heterocycles. The molecule has 0 aliphatic rings. The summed E-state index contributed by atoms with van der Waals surface area (Å²) >= 11 is 0. The van der Waals surface area contributed by atoms with E-state index in [1.54, 1.807) is 13.2 Å². The lowest BCUT2D eigenvalue weighted by molar-refractivity contribution is 0.0955. The highest BCUT2D eigenvalue weighted by Crippen LogP contribution is 2.21. The topological polar surface area (TPSA) is 86.3 Å². The monoisotopic (exact) mass is 378 g/mol. The molecule has 28 heavy (non-hydrogen) atoms. The van der Waals surface area contributed by atoms with E-state index in [9.17, 15) is 4.79 Å². The van der Waals surface area contributed by atoms with Crippen LogP contribution < -0.4 is 10.1 Å². The number of fused-ring (bicyclic) bond motifs is 2. The minimum absolute atomic E-state index is 0.166. The van der Waals surface area contributed by atoms with Crippen LogP contribution in [0.2, 0.25) is 0 Å². The van der Waals surface area contributed by atoms with Crippen molar-refractivity contribution in [2.45, 2.75) is 19.8 Å². The third-order valence-electron chi connectivity index (χ3n) is 4.88. The maximum atomic E-state index is 12.7. The van der Waals surface area contributed by atoms with E-state index in [-0.39, 0.29) is 5.91 Å². The van der Waals surface area contributed by atoms with Gasteiger partial charge in [-0.25, -0.2) is 4.98 Å². The van der Waals surface area contributed by atoms with Gasteiger partial charge < -0.3 is 14.6 Å². The first kappa shape index (κ1) is 18.0. The van der Waals surface area contributed by atoms with Crippen molar-refractivity contribution in [3.8, 4) is 5.75 Å². The van der Waals surface area contributed by atoms with Gasteiger partial charge in [0.25, 0.3) is 5.91 Å². The third kappa shape index (κ3) is 3.06. The van der Waals surface area contributed by atoms with Crippen LogP contribution >= 0.6 is 0 Å². The molecule has 0 atom stereocenters. The predicted octanol–water partition coefficient (Wildman–Crippen LogP) is 2.16. The van der Waals surface area contributed by atoms with Crippen LogP contribution in [-0.4, -0.2) is 43.7 Å². The Morgan fingerprint density at radius 2 is 2.07 bits per heavy atom. The number of aromatic nitrogens is 5. The van der Waals surface area contributed by atoms with Crippen molar-refractivity contribution in [2.75, 3.05) is 13.7 Å². The molecule has 3 aromatic heterocycles. The molecule has 1 N–H and O–H groups in total. The van der Waals surface area contributed by atoms with E-state index >= 15 is 0 Å². The van der Waals surface area contributed by atoms with Crippen LogP contribution in [-0.2, 0) is 19.9 Å². The van der Waals surface area contributed by atoms with Crippen LogP contribution in [0.3, 0.4) is 0 Å². The maximum absolute atomic E-state index is 12.7. The number of hydrogen-bond acceptors (Lipinski definition) is 5. The quantitative estimate of drug-likeness (QED) is 0.556. The molecule has 1 aromatic carbocycles. The number of hydrogen-bond donors (Lipinski definition) is 1. The molecule has 0 saturated heterocycles. The molecule has 4 rings (SSSR count). The zero-order valence-corrected chi connectivity index (χ0v) is 16.1. The lowest BCUT2D eigenvalue weighted by Gasteiger charge is -2.07. The van der Waals surface area contributed by atoms with Crippen molar-refractivity contribution in [2.24, 2.45) is 7.05 Å². The molecule has 0 unspecified atom stereocenters. The molecule has 1 amide bonds. The van der Waals surface area contributed by atoms with Crippen LogP contribution in [0.15, 0.2) is 36.5 Å². The summed E-state index contributed by atoms with van der Waals surface area (Å²) in [7, 11) is 3.61. The van der Waals surface area contributed by atoms with Crippen molar-refractivity contribution >= 4 is 22.6 Å². The summed E-state index contributed by atoms with van der Waals surface area (Å²) in [5.41, 5.74) is 3.00. The van der Waals surface area contributed by atoms with E-state index in [0.717, 1.165) is 34.9 Å². The average Bonchev–Trinajstić information content (AvgIpc) is 3.28. The minimum Gasteiger partial charge on any atom is -0.497 e. The van der Waals surface area contributed by atoms with Gasteiger partial charge in [-0.05, 0) is 24.3 Å². The molecule has 0 aliphatic carbocycles. The predicted molar refractivity (Wildman–Crippen MR) is 106 cm³/mol. The molecule has 144 valence electrons. The van der Waals surface area contributed by atoms with E-state index in [1.807, 2.05) is 53.4 Å². The number of nitrogens with zero attached hydrogens (tertiary/aromatic N) is 5. The third-order valence-corrected chi connectivity index (χ3v) is 4.88. The van der Waals surface area contributed by atoms with E-state index in [2.05, 4.69) is 20.5 Å². The first-order chi connectivity index (χ1) is 13.6. The van der Waals surface area contributed by atoms with Crippen molar-refractivity contribution < 1.29 is 9.53 Å². The van der Waals surface area contributed by atoms with Crippen molar-refractivity contribution in [3.05, 3.63) is 53.7 Å². The standard InChI is InChI=1S/C20H22N6O2/c1-4-17-23-24-19-14(6-5-11-26(17)19)20(27)21-10-9-18-22-15-8-7-13(28-3)12-16(15)25(18)2/h5-8,11-12H,4,9-10H2,1-3H3,(H,21,27). The number of methoxy groups -OCH3 is 1. The molecular formula is C20H22N6O2. The van der Waals surface area contributed by atoms with E-state index in [0.29, 0.717) is 24.2 Å². The number of aryl methyl sites for hydroxylation is 2. The van der Waals surface area contributed by atoms with Gasteiger partial charge in [-0.2, -0.15) is 0 Å². The van der Waals surface area contributed by atoms with Gasteiger partial charge in [0.1, 0.15) is 17.4 Å². The van der Waals surface area contributed by atoms with Gasteiger partial charge in [-0.15, -0.1) is 10.2 Å². The summed E-state index contributed by atoms with van der Waals surface area (Å²) in [6.45, 7) is 2.48. The Hall–Kier alpha value is -3.42. The SMILES string of the molecule is CCc1nnc2c(C(=O)NCCc3nc4ccc(OC)cc4n3C)cccn12. The Balaban J connectivity index is 1.48. The smallest absolute Gasteiger partial charge is 0.255 e. The number of imidazole rings is 1. The largest absolute Gasteiger partial charge is 0.497 e. The van der Waals surface area contributed by atoms with Crippen LogP contribution in [0.5, 0.6) is 5.75 Å². The van der Waals surface area contributed by atoms with E-state index in [1.165, 1.54) is 0 Å². The number of rotatable bonds is 6. The number of carbonyl (C=O) groups excluding carboxylic acids is 1. The molecule has 4 aromatic rings. The fourth-order valence-electron chi connectivity index (χ4n) is 3.34. The Labute approximate surface area is 162 Å². The fourth-order valence-corrected chi connectivity index (χ4v) is 3.34. The molecule has 0 spiro atoms. The van der Waals surface area contributed by atoms with Gasteiger partial charge in [0.2, 0.25) is 0 Å². The summed E-state index contributed by atoms with van der Waals surface area (Å²) in [6.07, 6.45) is 3.25. The van der Waals surface area contributed by atoms with Gasteiger partial charge in [-0.3, -0.25) is 9.20 Å². The Morgan fingerprint density at radius 1 is 1.21 bits per heavy atom. The second-order valence-corrected chi connectivity index (χ2v) is 6.53. The van der Waals surface area contributed by atoms with Crippen molar-refractivity contribution in [1.29, 1.82) is 0 Å². The summed E-state index contributed by atoms with van der Waals surface area (Å²) in [6, 6.07) is 9.39. The number of benzene rings is 1. The van der Waals surface area contributed by atoms with Gasteiger partial charge in [0.15, 0.2) is 5.65 Å². The Kier molecular flexibility index (Phi) is 4.68. The lowest BCUT2D eigenvalue weighted by atomic mass is 10.2. The van der Waals surface area contributed by atoms with E-state index in [4.69, 9.17) is 4.74 Å². The molecule has 3 heterocycles. The highest BCUT2D eigenvalue weighted by atomic mass is 16.5. The van der Waals surface area contributed by atoms with Gasteiger partial charge >= 0.3 is 0 Å². The second kappa shape index (κ2) is 7.30. The Morgan fingerprint density at radius 3 is 2.86 bits per heavy atom. The highest BCUT2D eigenvalue weighted by Gasteiger charge is 2.15. The number of amides is 1. The number of nitrogens with one attached hydrogen (secondary N) is 1. The van der Waals surface area contributed by atoms with Crippen molar-refractivity contribution in [3.63, 3.8) is 0 Å². The van der Waals surface area contributed by atoms with Gasteiger partial charge in [-0.1, -0.05) is 6.92 Å². The summed E-state index contributed by atoms with van der Waals surface area (Å²) in [5, 5.41) is 11.3. The first-order valence-corrected chi connectivity index (χ1v) is 9.22. The van der Waals surface area contributed by atoms with Gasteiger partial charge in [0, 0.05) is 38.7 Å². The van der Waals surface area contributed by atoms with Gasteiger partial charge in [0.05, 0.1) is 23.7 Å². The van der Waals surface area contributed by atoms with Crippen LogP contribution in [0.25, 0.3) is 16.7 Å². The highest BCUT2D eigenvalue weighted by molar-refractivity contribution is 5.99. The average molecular weight is 378 g/mol. The molecule has 0 bridgehead atoms. The maximum Gasteiger partial charge on any atom is 0.255 e. The molecule has 8 nitrogen and oxygen atoms in total. The number of carbonyl (C=O) groups is 1. The van der Waals surface area contributed by atoms with Crippen LogP contribution in [0.1, 0.15) is 28.9 Å². The van der Waals surface area contributed by atoms with Crippen LogP contribution in [0, 0.1) is 0 Å². The normalized spacial score (nSPS) is 11.2. The van der Waals surface area contributed by atoms with E-state index < -0.39 is 0 Å². The summed E-state index contributed by atoms with van der Waals surface area (Å²) in [5.74, 6) is 2.36. The second-order valence-electron chi connectivity index (χ2n) is 6.53. The van der Waals surface area contributed by atoms with Crippen molar-refractivity contribution in [1.82, 2.24) is 29.5 Å². The first-order valence-electron chi connectivity index (χ1n) is 9.22. The van der Waals surface area contributed by atoms with Crippen LogP contribution in [0.4, 0.5) is 0 Å². The molecule has 0 radical (unpaired) electrons. The number of pyridine rings is 1. The molecule has 8 heteroatoms. The molecular weight excluding hydrogens is 356 g/mol. The Bertz CT molecular complexity index is 1160. The number of ether oxygens (including phenoxy) is 1. The minimum atomic E-state index is -0.166. The molecule has 0 fully saturated rings. The lowest BCUT2D eigenvalue weighted by Crippen LogP contribution is -2.27. The summed E-state index contributed by atoms with van der Waals surface area (Å²) < 4.78 is 9.16. The zero-order chi connectivity index (χ0) is 19.7. The fraction of sp³-hybridized carbons (Fsp3) is 0.300. The molecule has 0 saturated carbocycles. The zero-order valence-electron chi connectivity index (χ0n) is 16.1.